The van der Waals surface area contributed by atoms with Gasteiger partial charge in [-0.1, -0.05) is 18.2 Å². The Kier molecular flexibility index (Phi) is 5.57. The van der Waals surface area contributed by atoms with Crippen molar-refractivity contribution in [3.8, 4) is 0 Å². The second kappa shape index (κ2) is 7.87. The second-order valence-corrected chi connectivity index (χ2v) is 7.52. The maximum Gasteiger partial charge on any atom is 0.317 e. The van der Waals surface area contributed by atoms with Crippen molar-refractivity contribution >= 4 is 34.3 Å². The van der Waals surface area contributed by atoms with E-state index in [-0.39, 0.29) is 18.3 Å². The predicted molar refractivity (Wildman–Crippen MR) is 106 cm³/mol. The highest BCUT2D eigenvalue weighted by molar-refractivity contribution is 7.11. The third-order valence-electron chi connectivity index (χ3n) is 4.68. The summed E-state index contributed by atoms with van der Waals surface area (Å²) in [6.07, 6.45) is 2.27. The van der Waals surface area contributed by atoms with Gasteiger partial charge in [0, 0.05) is 30.6 Å². The fourth-order valence-corrected chi connectivity index (χ4v) is 4.10. The van der Waals surface area contributed by atoms with Crippen molar-refractivity contribution in [2.24, 2.45) is 5.92 Å². The van der Waals surface area contributed by atoms with Gasteiger partial charge in [0.2, 0.25) is 0 Å². The number of esters is 1. The highest BCUT2D eigenvalue weighted by Gasteiger charge is 2.39. The Morgan fingerprint density at radius 1 is 1.23 bits per heavy atom. The molecule has 0 bridgehead atoms. The molecular weight excluding hydrogens is 346 g/mol. The minimum absolute atomic E-state index is 0.167. The van der Waals surface area contributed by atoms with Gasteiger partial charge in [0.25, 0.3) is 0 Å². The molecule has 0 N–H and O–H groups in total. The molecule has 0 amide bonds. The lowest BCUT2D eigenvalue weighted by Gasteiger charge is -2.29. The van der Waals surface area contributed by atoms with Crippen LogP contribution in [-0.2, 0) is 14.3 Å². The Bertz CT molecular complexity index is 806. The van der Waals surface area contributed by atoms with E-state index in [4.69, 9.17) is 4.74 Å². The number of ether oxygens (including phenoxy) is 1. The molecule has 3 rings (SSSR count). The van der Waals surface area contributed by atoms with Gasteiger partial charge in [-0.05, 0) is 54.1 Å². The van der Waals surface area contributed by atoms with E-state index in [1.165, 1.54) is 0 Å². The number of anilines is 1. The number of allylic oxidation sites excluding steroid dienone is 2. The van der Waals surface area contributed by atoms with Gasteiger partial charge in [-0.3, -0.25) is 9.59 Å². The first-order chi connectivity index (χ1) is 12.5. The van der Waals surface area contributed by atoms with E-state index in [0.717, 1.165) is 21.7 Å². The summed E-state index contributed by atoms with van der Waals surface area (Å²) in [5.41, 5.74) is 3.06. The number of thiophene rings is 1. The summed E-state index contributed by atoms with van der Waals surface area (Å²) in [6, 6.07) is 12.0. The zero-order valence-electron chi connectivity index (χ0n) is 15.3. The van der Waals surface area contributed by atoms with Gasteiger partial charge in [0.05, 0.1) is 6.61 Å². The van der Waals surface area contributed by atoms with Crippen LogP contribution in [-0.4, -0.2) is 32.5 Å². The highest BCUT2D eigenvalue weighted by atomic mass is 32.1. The average molecular weight is 369 g/mol. The fourth-order valence-electron chi connectivity index (χ4n) is 3.35. The van der Waals surface area contributed by atoms with Gasteiger partial charge in [-0.15, -0.1) is 11.3 Å². The van der Waals surface area contributed by atoms with Crippen molar-refractivity contribution in [2.75, 3.05) is 25.6 Å². The first-order valence-corrected chi connectivity index (χ1v) is 9.61. The minimum Gasteiger partial charge on any atom is -0.465 e. The molecule has 0 aliphatic heterocycles. The molecule has 0 spiro atoms. The zero-order valence-corrected chi connectivity index (χ0v) is 16.1. The molecule has 5 heteroatoms. The third-order valence-corrected chi connectivity index (χ3v) is 5.63. The van der Waals surface area contributed by atoms with Crippen LogP contribution >= 0.6 is 11.3 Å². The van der Waals surface area contributed by atoms with E-state index < -0.39 is 11.9 Å². The number of ketones is 1. The van der Waals surface area contributed by atoms with Crippen LogP contribution in [0.5, 0.6) is 0 Å². The lowest BCUT2D eigenvalue weighted by atomic mass is 9.74. The SMILES string of the molecule is CCOC(=O)[C@@H]1C(=O)C=C(c2cccs2)C[C@H]1c1ccc(N(C)C)cc1. The van der Waals surface area contributed by atoms with Gasteiger partial charge >= 0.3 is 5.97 Å². The highest BCUT2D eigenvalue weighted by Crippen LogP contribution is 2.41. The smallest absolute Gasteiger partial charge is 0.317 e. The molecule has 1 aliphatic rings. The Morgan fingerprint density at radius 3 is 2.54 bits per heavy atom. The molecular formula is C21H23NO3S. The van der Waals surface area contributed by atoms with Crippen LogP contribution in [0.1, 0.15) is 29.7 Å². The zero-order chi connectivity index (χ0) is 18.7. The first-order valence-electron chi connectivity index (χ1n) is 8.73. The summed E-state index contributed by atoms with van der Waals surface area (Å²) in [5.74, 6) is -1.58. The molecule has 0 saturated heterocycles. The Balaban J connectivity index is 1.98. The molecule has 1 heterocycles. The maximum atomic E-state index is 12.8. The average Bonchev–Trinajstić information content (AvgIpc) is 3.16. The van der Waals surface area contributed by atoms with E-state index in [1.807, 2.05) is 60.8 Å². The largest absolute Gasteiger partial charge is 0.465 e. The fraction of sp³-hybridized carbons (Fsp3) is 0.333. The molecule has 1 aliphatic carbocycles. The molecule has 2 atom stereocenters. The number of hydrogen-bond donors (Lipinski definition) is 0. The standard InChI is InChI=1S/C21H23NO3S/c1-4-25-21(24)20-17(14-7-9-16(10-8-14)22(2)3)12-15(13-18(20)23)19-6-5-11-26-19/h5-11,13,17,20H,4,12H2,1-3H3/t17-,20-/m0/s1. The van der Waals surface area contributed by atoms with Crippen LogP contribution in [0.4, 0.5) is 5.69 Å². The van der Waals surface area contributed by atoms with E-state index in [1.54, 1.807) is 24.3 Å². The number of carbonyl (C=O) groups is 2. The van der Waals surface area contributed by atoms with E-state index in [2.05, 4.69) is 0 Å². The summed E-state index contributed by atoms with van der Waals surface area (Å²) in [4.78, 5) is 28.4. The monoisotopic (exact) mass is 369 g/mol. The second-order valence-electron chi connectivity index (χ2n) is 6.58. The van der Waals surface area contributed by atoms with Gasteiger partial charge in [0.1, 0.15) is 5.92 Å². The van der Waals surface area contributed by atoms with Crippen molar-refractivity contribution in [2.45, 2.75) is 19.3 Å². The Labute approximate surface area is 158 Å². The van der Waals surface area contributed by atoms with Crippen LogP contribution in [0.25, 0.3) is 5.57 Å². The lowest BCUT2D eigenvalue weighted by molar-refractivity contribution is -0.151. The minimum atomic E-state index is -0.774. The summed E-state index contributed by atoms with van der Waals surface area (Å²) < 4.78 is 5.20. The molecule has 136 valence electrons. The third kappa shape index (κ3) is 3.73. The summed E-state index contributed by atoms with van der Waals surface area (Å²) >= 11 is 1.61. The summed E-state index contributed by atoms with van der Waals surface area (Å²) in [7, 11) is 3.97. The van der Waals surface area contributed by atoms with Gasteiger partial charge < -0.3 is 9.64 Å². The summed E-state index contributed by atoms with van der Waals surface area (Å²) in [6.45, 7) is 2.04. The van der Waals surface area contributed by atoms with E-state index in [0.29, 0.717) is 6.42 Å². The Morgan fingerprint density at radius 2 is 1.96 bits per heavy atom. The van der Waals surface area contributed by atoms with Crippen LogP contribution in [0.2, 0.25) is 0 Å². The molecule has 0 unspecified atom stereocenters. The van der Waals surface area contributed by atoms with Gasteiger partial charge in [0.15, 0.2) is 5.78 Å². The summed E-state index contributed by atoms with van der Waals surface area (Å²) in [5, 5.41) is 2.00. The molecule has 0 saturated carbocycles. The quantitative estimate of drug-likeness (QED) is 0.587. The predicted octanol–water partition coefficient (Wildman–Crippen LogP) is 4.13. The molecule has 0 radical (unpaired) electrons. The number of hydrogen-bond acceptors (Lipinski definition) is 5. The van der Waals surface area contributed by atoms with Crippen LogP contribution in [0, 0.1) is 5.92 Å². The van der Waals surface area contributed by atoms with Crippen LogP contribution < -0.4 is 4.90 Å². The van der Waals surface area contributed by atoms with Crippen LogP contribution in [0.3, 0.4) is 0 Å². The van der Waals surface area contributed by atoms with Crippen molar-refractivity contribution < 1.29 is 14.3 Å². The van der Waals surface area contributed by atoms with E-state index >= 15 is 0 Å². The van der Waals surface area contributed by atoms with Gasteiger partial charge in [-0.25, -0.2) is 0 Å². The molecule has 2 aromatic rings. The maximum absolute atomic E-state index is 12.8. The Hall–Kier alpha value is -2.40. The molecule has 0 fully saturated rings. The van der Waals surface area contributed by atoms with Crippen LogP contribution in [0.15, 0.2) is 47.9 Å². The number of rotatable bonds is 5. The normalized spacial score (nSPS) is 19.8. The lowest BCUT2D eigenvalue weighted by Crippen LogP contribution is -2.33. The number of benzene rings is 1. The van der Waals surface area contributed by atoms with Crippen molar-refractivity contribution in [1.29, 1.82) is 0 Å². The van der Waals surface area contributed by atoms with E-state index in [9.17, 15) is 9.59 Å². The topological polar surface area (TPSA) is 46.6 Å². The van der Waals surface area contributed by atoms with Crippen molar-refractivity contribution in [3.05, 3.63) is 58.3 Å². The van der Waals surface area contributed by atoms with Gasteiger partial charge in [-0.2, -0.15) is 0 Å². The molecule has 1 aromatic heterocycles. The number of carbonyl (C=O) groups excluding carboxylic acids is 2. The first kappa shape index (κ1) is 18.4. The molecule has 26 heavy (non-hydrogen) atoms. The number of nitrogens with zero attached hydrogens (tertiary/aromatic N) is 1. The molecule has 1 aromatic carbocycles. The van der Waals surface area contributed by atoms with Crippen molar-refractivity contribution in [1.82, 2.24) is 0 Å². The van der Waals surface area contributed by atoms with Crippen molar-refractivity contribution in [3.63, 3.8) is 0 Å². The molecule has 4 nitrogen and oxygen atoms in total.